The van der Waals surface area contributed by atoms with Gasteiger partial charge in [-0.3, -0.25) is 4.99 Å². The number of aliphatic hydroxyl groups excluding tert-OH is 1. The lowest BCUT2D eigenvalue weighted by atomic mass is 9.85. The van der Waals surface area contributed by atoms with Crippen molar-refractivity contribution in [1.29, 1.82) is 0 Å². The average molecular weight is 247 g/mol. The zero-order chi connectivity index (χ0) is 13.9. The maximum absolute atomic E-state index is 10.4. The van der Waals surface area contributed by atoms with Gasteiger partial charge in [0.1, 0.15) is 0 Å². The zero-order valence-electron chi connectivity index (χ0n) is 12.4. The molecule has 0 amide bonds. The lowest BCUT2D eigenvalue weighted by Gasteiger charge is -2.27. The molecule has 100 valence electrons. The van der Waals surface area contributed by atoms with Gasteiger partial charge in [0.05, 0.1) is 11.8 Å². The first-order valence-electron chi connectivity index (χ1n) is 6.59. The highest BCUT2D eigenvalue weighted by atomic mass is 16.3. The van der Waals surface area contributed by atoms with Gasteiger partial charge in [0.25, 0.3) is 0 Å². The van der Waals surface area contributed by atoms with Crippen molar-refractivity contribution in [2.45, 2.75) is 54.1 Å². The fraction of sp³-hybridized carbons (Fsp3) is 0.562. The van der Waals surface area contributed by atoms with Crippen molar-refractivity contribution in [2.24, 2.45) is 10.4 Å². The van der Waals surface area contributed by atoms with E-state index in [9.17, 15) is 5.11 Å². The molecule has 1 N–H and O–H groups in total. The van der Waals surface area contributed by atoms with Crippen molar-refractivity contribution in [3.63, 3.8) is 0 Å². The predicted octanol–water partition coefficient (Wildman–Crippen LogP) is 4.19. The number of nitrogens with zero attached hydrogens (tertiary/aromatic N) is 1. The Hall–Kier alpha value is -1.15. The Morgan fingerprint density at radius 2 is 1.72 bits per heavy atom. The standard InChI is InChI=1S/C16H25NO/c1-7-13(15(18)16(4,5)6)17-14-11(2)9-8-10-12(14)3/h8-10,15,18H,7H2,1-6H3. The van der Waals surface area contributed by atoms with Gasteiger partial charge >= 0.3 is 0 Å². The van der Waals surface area contributed by atoms with Crippen LogP contribution < -0.4 is 0 Å². The summed E-state index contributed by atoms with van der Waals surface area (Å²) in [4.78, 5) is 4.71. The van der Waals surface area contributed by atoms with Crippen LogP contribution >= 0.6 is 0 Å². The summed E-state index contributed by atoms with van der Waals surface area (Å²) in [6.07, 6.45) is 0.271. The minimum absolute atomic E-state index is 0.175. The van der Waals surface area contributed by atoms with Gasteiger partial charge in [0, 0.05) is 5.71 Å². The first kappa shape index (κ1) is 14.9. The number of hydrogen-bond acceptors (Lipinski definition) is 2. The highest BCUT2D eigenvalue weighted by Crippen LogP contribution is 2.27. The molecule has 0 aliphatic rings. The lowest BCUT2D eigenvalue weighted by Crippen LogP contribution is -2.33. The Bertz CT molecular complexity index is 421. The van der Waals surface area contributed by atoms with Crippen molar-refractivity contribution in [3.05, 3.63) is 29.3 Å². The van der Waals surface area contributed by atoms with Crippen molar-refractivity contribution in [3.8, 4) is 0 Å². The molecule has 18 heavy (non-hydrogen) atoms. The van der Waals surface area contributed by atoms with Gasteiger partial charge in [-0.25, -0.2) is 0 Å². The number of aliphatic hydroxyl groups is 1. The molecule has 0 radical (unpaired) electrons. The van der Waals surface area contributed by atoms with Crippen LogP contribution in [-0.4, -0.2) is 16.9 Å². The van der Waals surface area contributed by atoms with E-state index in [4.69, 9.17) is 4.99 Å². The Labute approximate surface area is 111 Å². The molecule has 0 aliphatic heterocycles. The second-order valence-corrected chi connectivity index (χ2v) is 5.97. The number of aliphatic imine (C=N–C) groups is 1. The summed E-state index contributed by atoms with van der Waals surface area (Å²) in [6, 6.07) is 6.15. The number of aryl methyl sites for hydroxylation is 2. The molecular formula is C16H25NO. The maximum Gasteiger partial charge on any atom is 0.0969 e. The monoisotopic (exact) mass is 247 g/mol. The largest absolute Gasteiger partial charge is 0.387 e. The molecule has 0 bridgehead atoms. The van der Waals surface area contributed by atoms with Crippen LogP contribution in [-0.2, 0) is 0 Å². The van der Waals surface area contributed by atoms with Crippen molar-refractivity contribution >= 4 is 11.4 Å². The van der Waals surface area contributed by atoms with Gasteiger partial charge in [-0.15, -0.1) is 0 Å². The summed E-state index contributed by atoms with van der Waals surface area (Å²) < 4.78 is 0. The van der Waals surface area contributed by atoms with Crippen molar-refractivity contribution < 1.29 is 5.11 Å². The molecule has 2 nitrogen and oxygen atoms in total. The van der Waals surface area contributed by atoms with Gasteiger partial charge in [-0.05, 0) is 36.8 Å². The fourth-order valence-corrected chi connectivity index (χ4v) is 1.96. The van der Waals surface area contributed by atoms with Crippen LogP contribution in [0.2, 0.25) is 0 Å². The van der Waals surface area contributed by atoms with E-state index >= 15 is 0 Å². The summed E-state index contributed by atoms with van der Waals surface area (Å²) in [5.74, 6) is 0. The van der Waals surface area contributed by atoms with E-state index in [0.29, 0.717) is 0 Å². The number of hydrogen-bond donors (Lipinski definition) is 1. The molecule has 0 fully saturated rings. The van der Waals surface area contributed by atoms with E-state index in [1.54, 1.807) is 0 Å². The Morgan fingerprint density at radius 1 is 1.22 bits per heavy atom. The molecule has 0 aliphatic carbocycles. The van der Waals surface area contributed by atoms with Gasteiger partial charge in [0.15, 0.2) is 0 Å². The molecule has 1 rings (SSSR count). The van der Waals surface area contributed by atoms with E-state index in [1.807, 2.05) is 33.8 Å². The number of rotatable bonds is 3. The third-order valence-corrected chi connectivity index (χ3v) is 3.19. The zero-order valence-corrected chi connectivity index (χ0v) is 12.4. The van der Waals surface area contributed by atoms with Crippen LogP contribution in [0.4, 0.5) is 5.69 Å². The predicted molar refractivity (Wildman–Crippen MR) is 78.8 cm³/mol. The van der Waals surface area contributed by atoms with E-state index in [1.165, 1.54) is 0 Å². The Morgan fingerprint density at radius 3 is 2.11 bits per heavy atom. The van der Waals surface area contributed by atoms with Gasteiger partial charge in [-0.1, -0.05) is 45.9 Å². The molecule has 2 heteroatoms. The van der Waals surface area contributed by atoms with E-state index < -0.39 is 6.10 Å². The minimum atomic E-state index is -0.499. The summed E-state index contributed by atoms with van der Waals surface area (Å²) in [6.45, 7) is 12.3. The van der Waals surface area contributed by atoms with Gasteiger partial charge < -0.3 is 5.11 Å². The van der Waals surface area contributed by atoms with Crippen molar-refractivity contribution in [1.82, 2.24) is 0 Å². The van der Waals surface area contributed by atoms with E-state index in [-0.39, 0.29) is 5.41 Å². The van der Waals surface area contributed by atoms with E-state index in [2.05, 4.69) is 26.0 Å². The summed E-state index contributed by atoms with van der Waals surface area (Å²) in [7, 11) is 0. The molecule has 1 aromatic carbocycles. The Balaban J connectivity index is 3.20. The fourth-order valence-electron chi connectivity index (χ4n) is 1.96. The maximum atomic E-state index is 10.4. The molecule has 0 saturated heterocycles. The molecule has 0 saturated carbocycles. The second kappa shape index (κ2) is 5.66. The first-order chi connectivity index (χ1) is 8.27. The minimum Gasteiger partial charge on any atom is -0.387 e. The molecule has 1 atom stereocenters. The molecule has 0 aromatic heterocycles. The SMILES string of the molecule is CCC(=Nc1c(C)cccc1C)C(O)C(C)(C)C. The smallest absolute Gasteiger partial charge is 0.0969 e. The van der Waals surface area contributed by atoms with E-state index in [0.717, 1.165) is 28.9 Å². The highest BCUT2D eigenvalue weighted by molar-refractivity contribution is 5.91. The average Bonchev–Trinajstić information content (AvgIpc) is 2.27. The van der Waals surface area contributed by atoms with Crippen molar-refractivity contribution in [2.75, 3.05) is 0 Å². The lowest BCUT2D eigenvalue weighted by molar-refractivity contribution is 0.121. The normalized spacial score (nSPS) is 14.7. The van der Waals surface area contributed by atoms with Crippen LogP contribution in [0, 0.1) is 19.3 Å². The second-order valence-electron chi connectivity index (χ2n) is 5.97. The molecule has 0 heterocycles. The van der Waals surface area contributed by atoms with Crippen LogP contribution in [0.15, 0.2) is 23.2 Å². The molecule has 1 unspecified atom stereocenters. The quantitative estimate of drug-likeness (QED) is 0.798. The van der Waals surface area contributed by atoms with Crippen LogP contribution in [0.1, 0.15) is 45.2 Å². The van der Waals surface area contributed by atoms with Gasteiger partial charge in [-0.2, -0.15) is 0 Å². The third kappa shape index (κ3) is 3.42. The van der Waals surface area contributed by atoms with Crippen LogP contribution in [0.25, 0.3) is 0 Å². The topological polar surface area (TPSA) is 32.6 Å². The summed E-state index contributed by atoms with van der Waals surface area (Å²) >= 11 is 0. The number of benzene rings is 1. The van der Waals surface area contributed by atoms with Crippen LogP contribution in [0.5, 0.6) is 0 Å². The molecule has 0 spiro atoms. The molecule has 1 aromatic rings. The third-order valence-electron chi connectivity index (χ3n) is 3.19. The first-order valence-corrected chi connectivity index (χ1v) is 6.59. The van der Waals surface area contributed by atoms with Crippen LogP contribution in [0.3, 0.4) is 0 Å². The summed E-state index contributed by atoms with van der Waals surface area (Å²) in [5, 5.41) is 10.4. The highest BCUT2D eigenvalue weighted by Gasteiger charge is 2.26. The summed E-state index contributed by atoms with van der Waals surface area (Å²) in [5.41, 5.74) is 3.99. The number of para-hydroxylation sites is 1. The van der Waals surface area contributed by atoms with Gasteiger partial charge in [0.2, 0.25) is 0 Å². The Kier molecular flexibility index (Phi) is 4.69. The molecular weight excluding hydrogens is 222 g/mol.